The molecule has 0 saturated heterocycles. The third-order valence-electron chi connectivity index (χ3n) is 3.76. The molecule has 2 rings (SSSR count). The molecule has 1 unspecified atom stereocenters. The first-order chi connectivity index (χ1) is 13.4. The van der Waals surface area contributed by atoms with Crippen LogP contribution in [0.2, 0.25) is 0 Å². The lowest BCUT2D eigenvalue weighted by Crippen LogP contribution is -2.31. The Labute approximate surface area is 167 Å². The van der Waals surface area contributed by atoms with Crippen LogP contribution in [0.3, 0.4) is 0 Å². The van der Waals surface area contributed by atoms with Crippen LogP contribution in [-0.4, -0.2) is 26.7 Å². The van der Waals surface area contributed by atoms with Crippen molar-refractivity contribution < 1.29 is 31.1 Å². The van der Waals surface area contributed by atoms with Gasteiger partial charge in [-0.05, 0) is 56.7 Å². The van der Waals surface area contributed by atoms with Crippen molar-refractivity contribution in [3.05, 3.63) is 59.7 Å². The van der Waals surface area contributed by atoms with Gasteiger partial charge in [-0.1, -0.05) is 18.2 Å². The highest BCUT2D eigenvalue weighted by atomic mass is 32.2. The molecular weight excluding hydrogens is 409 g/mol. The van der Waals surface area contributed by atoms with Gasteiger partial charge < -0.3 is 10.1 Å². The van der Waals surface area contributed by atoms with E-state index >= 15 is 0 Å². The van der Waals surface area contributed by atoms with Gasteiger partial charge in [0.25, 0.3) is 5.91 Å². The molecule has 0 aliphatic heterocycles. The number of amides is 1. The zero-order chi connectivity index (χ0) is 21.8. The maximum atomic E-state index is 12.5. The summed E-state index contributed by atoms with van der Waals surface area (Å²) >= 11 is 0. The minimum Gasteiger partial charge on any atom is -0.406 e. The Morgan fingerprint density at radius 2 is 1.66 bits per heavy atom. The number of hydrogen-bond donors (Lipinski definition) is 2. The number of carbonyl (C=O) groups is 1. The molecule has 0 bridgehead atoms. The molecule has 0 saturated carbocycles. The molecule has 0 spiro atoms. The van der Waals surface area contributed by atoms with Gasteiger partial charge in [-0.3, -0.25) is 4.79 Å². The van der Waals surface area contributed by atoms with Crippen LogP contribution in [0.5, 0.6) is 5.75 Å². The van der Waals surface area contributed by atoms with Gasteiger partial charge in [-0.25, -0.2) is 13.1 Å². The van der Waals surface area contributed by atoms with Crippen molar-refractivity contribution in [1.29, 1.82) is 0 Å². The van der Waals surface area contributed by atoms with E-state index in [1.807, 2.05) is 0 Å². The van der Waals surface area contributed by atoms with Crippen LogP contribution >= 0.6 is 0 Å². The number of alkyl halides is 3. The van der Waals surface area contributed by atoms with E-state index in [-0.39, 0.29) is 22.3 Å². The summed E-state index contributed by atoms with van der Waals surface area (Å²) in [6.45, 7) is 5.01. The zero-order valence-corrected chi connectivity index (χ0v) is 16.8. The van der Waals surface area contributed by atoms with E-state index in [0.717, 1.165) is 12.1 Å². The molecule has 2 aromatic rings. The predicted octanol–water partition coefficient (Wildman–Crippen LogP) is 3.76. The molecule has 1 amide bonds. The van der Waals surface area contributed by atoms with Crippen molar-refractivity contribution in [2.45, 2.75) is 44.1 Å². The van der Waals surface area contributed by atoms with Gasteiger partial charge in [0.05, 0.1) is 10.9 Å². The second-order valence-electron chi connectivity index (χ2n) is 6.62. The maximum Gasteiger partial charge on any atom is 0.573 e. The van der Waals surface area contributed by atoms with Crippen LogP contribution in [-0.2, 0) is 10.0 Å². The van der Waals surface area contributed by atoms with E-state index in [2.05, 4.69) is 14.8 Å². The molecule has 0 aliphatic rings. The third-order valence-corrected chi connectivity index (χ3v) is 5.41. The second-order valence-corrected chi connectivity index (χ2v) is 8.33. The SMILES string of the molecule is CC(C)NS(=O)(=O)c1cccc(C(=O)NC(C)c2ccc(OC(F)(F)F)cc2)c1. The van der Waals surface area contributed by atoms with Gasteiger partial charge in [0.1, 0.15) is 5.75 Å². The smallest absolute Gasteiger partial charge is 0.406 e. The van der Waals surface area contributed by atoms with Crippen molar-refractivity contribution in [3.8, 4) is 5.75 Å². The Kier molecular flexibility index (Phi) is 6.91. The zero-order valence-electron chi connectivity index (χ0n) is 15.9. The summed E-state index contributed by atoms with van der Waals surface area (Å²) in [5.74, 6) is -0.884. The van der Waals surface area contributed by atoms with Crippen molar-refractivity contribution >= 4 is 15.9 Å². The number of ether oxygens (including phenoxy) is 1. The van der Waals surface area contributed by atoms with E-state index < -0.39 is 28.3 Å². The van der Waals surface area contributed by atoms with E-state index in [1.165, 1.54) is 36.4 Å². The lowest BCUT2D eigenvalue weighted by Gasteiger charge is -2.16. The molecule has 0 aliphatic carbocycles. The highest BCUT2D eigenvalue weighted by Crippen LogP contribution is 2.24. The summed E-state index contributed by atoms with van der Waals surface area (Å²) in [7, 11) is -3.75. The van der Waals surface area contributed by atoms with Gasteiger partial charge in [0, 0.05) is 11.6 Å². The Hall–Kier alpha value is -2.59. The molecule has 0 heterocycles. The Morgan fingerprint density at radius 3 is 2.21 bits per heavy atom. The largest absolute Gasteiger partial charge is 0.573 e. The lowest BCUT2D eigenvalue weighted by atomic mass is 10.1. The molecule has 29 heavy (non-hydrogen) atoms. The molecule has 2 aromatic carbocycles. The summed E-state index contributed by atoms with van der Waals surface area (Å²) < 4.78 is 67.4. The van der Waals surface area contributed by atoms with Crippen molar-refractivity contribution in [2.75, 3.05) is 0 Å². The minimum atomic E-state index is -4.78. The van der Waals surface area contributed by atoms with Crippen LogP contribution in [0, 0.1) is 0 Å². The average Bonchev–Trinajstić information content (AvgIpc) is 2.60. The highest BCUT2D eigenvalue weighted by molar-refractivity contribution is 7.89. The number of carbonyl (C=O) groups excluding carboxylic acids is 1. The number of rotatable bonds is 7. The monoisotopic (exact) mass is 430 g/mol. The van der Waals surface area contributed by atoms with Crippen molar-refractivity contribution in [3.63, 3.8) is 0 Å². The topological polar surface area (TPSA) is 84.5 Å². The van der Waals surface area contributed by atoms with Gasteiger partial charge in [0.2, 0.25) is 10.0 Å². The van der Waals surface area contributed by atoms with E-state index in [0.29, 0.717) is 5.56 Å². The highest BCUT2D eigenvalue weighted by Gasteiger charge is 2.31. The number of halogens is 3. The standard InChI is InChI=1S/C19H21F3N2O4S/c1-12(2)24-29(26,27)17-6-4-5-15(11-17)18(25)23-13(3)14-7-9-16(10-8-14)28-19(20,21)22/h4-13,24H,1-3H3,(H,23,25). The van der Waals surface area contributed by atoms with Crippen LogP contribution in [0.15, 0.2) is 53.4 Å². The summed E-state index contributed by atoms with van der Waals surface area (Å²) in [5.41, 5.74) is 0.693. The summed E-state index contributed by atoms with van der Waals surface area (Å²) in [6.07, 6.45) is -4.78. The molecule has 0 radical (unpaired) electrons. The number of nitrogens with one attached hydrogen (secondary N) is 2. The predicted molar refractivity (Wildman–Crippen MR) is 101 cm³/mol. The Morgan fingerprint density at radius 1 is 1.03 bits per heavy atom. The van der Waals surface area contributed by atoms with Crippen LogP contribution in [0.4, 0.5) is 13.2 Å². The number of benzene rings is 2. The van der Waals surface area contributed by atoms with Crippen LogP contribution in [0.25, 0.3) is 0 Å². The molecule has 1 atom stereocenters. The van der Waals surface area contributed by atoms with Gasteiger partial charge in [-0.15, -0.1) is 13.2 Å². The molecular formula is C19H21F3N2O4S. The van der Waals surface area contributed by atoms with E-state index in [9.17, 15) is 26.4 Å². The van der Waals surface area contributed by atoms with Gasteiger partial charge in [-0.2, -0.15) is 0 Å². The number of hydrogen-bond acceptors (Lipinski definition) is 4. The minimum absolute atomic E-state index is 0.0415. The van der Waals surface area contributed by atoms with Gasteiger partial charge in [0.15, 0.2) is 0 Å². The first kappa shape index (κ1) is 22.7. The first-order valence-corrected chi connectivity index (χ1v) is 10.1. The van der Waals surface area contributed by atoms with Gasteiger partial charge >= 0.3 is 6.36 Å². The Balaban J connectivity index is 2.11. The average molecular weight is 430 g/mol. The summed E-state index contributed by atoms with van der Waals surface area (Å²) in [5, 5.41) is 2.68. The molecule has 10 heteroatoms. The summed E-state index contributed by atoms with van der Waals surface area (Å²) in [6, 6.07) is 9.83. The first-order valence-electron chi connectivity index (χ1n) is 8.66. The molecule has 2 N–H and O–H groups in total. The summed E-state index contributed by atoms with van der Waals surface area (Å²) in [4.78, 5) is 12.4. The normalized spacial score (nSPS) is 13.2. The fraction of sp³-hybridized carbons (Fsp3) is 0.316. The van der Waals surface area contributed by atoms with E-state index in [1.54, 1.807) is 20.8 Å². The molecule has 0 aromatic heterocycles. The molecule has 158 valence electrons. The quantitative estimate of drug-likeness (QED) is 0.701. The van der Waals surface area contributed by atoms with E-state index in [4.69, 9.17) is 0 Å². The second kappa shape index (κ2) is 8.83. The van der Waals surface area contributed by atoms with Crippen molar-refractivity contribution in [1.82, 2.24) is 10.0 Å². The molecule has 0 fully saturated rings. The van der Waals surface area contributed by atoms with Crippen LogP contribution in [0.1, 0.15) is 42.7 Å². The fourth-order valence-corrected chi connectivity index (χ4v) is 3.80. The molecule has 6 nitrogen and oxygen atoms in total. The van der Waals surface area contributed by atoms with Crippen molar-refractivity contribution in [2.24, 2.45) is 0 Å². The third kappa shape index (κ3) is 6.75. The van der Waals surface area contributed by atoms with Crippen LogP contribution < -0.4 is 14.8 Å². The lowest BCUT2D eigenvalue weighted by molar-refractivity contribution is -0.274. The Bertz CT molecular complexity index is 958. The maximum absolute atomic E-state index is 12.5. The fourth-order valence-electron chi connectivity index (χ4n) is 2.50. The number of sulfonamides is 1.